The minimum atomic E-state index is 0.637. The molecule has 2 nitrogen and oxygen atoms in total. The van der Waals surface area contributed by atoms with Crippen molar-refractivity contribution in [1.82, 2.24) is 0 Å². The van der Waals surface area contributed by atoms with E-state index >= 15 is 0 Å². The number of hydrogen-bond donors (Lipinski definition) is 0. The molecule has 1 fully saturated rings. The van der Waals surface area contributed by atoms with Crippen LogP contribution in [0.1, 0.15) is 44.6 Å². The third kappa shape index (κ3) is 2.85. The third-order valence-corrected chi connectivity index (χ3v) is 4.26. The van der Waals surface area contributed by atoms with Crippen LogP contribution in [0.5, 0.6) is 0 Å². The number of anilines is 1. The number of hydrogen-bond acceptors (Lipinski definition) is 2. The van der Waals surface area contributed by atoms with E-state index in [1.54, 1.807) is 0 Å². The SMILES string of the molecule is CCC1CCCC(N(C)c2cccc(C#N)c2)C1. The Kier molecular flexibility index (Phi) is 4.25. The Bertz CT molecular complexity index is 433. The van der Waals surface area contributed by atoms with E-state index in [-0.39, 0.29) is 0 Å². The molecule has 0 spiro atoms. The molecule has 1 aromatic rings. The van der Waals surface area contributed by atoms with Gasteiger partial charge in [0, 0.05) is 18.8 Å². The van der Waals surface area contributed by atoms with Crippen LogP contribution in [0.4, 0.5) is 5.69 Å². The Morgan fingerprint density at radius 2 is 2.22 bits per heavy atom. The average Bonchev–Trinajstić information content (AvgIpc) is 2.46. The standard InChI is InChI=1S/C16H22N2/c1-3-13-6-4-8-15(10-13)18(2)16-9-5-7-14(11-16)12-17/h5,7,9,11,13,15H,3-4,6,8,10H2,1-2H3. The second-order valence-electron chi connectivity index (χ2n) is 5.37. The molecule has 0 aliphatic heterocycles. The van der Waals surface area contributed by atoms with Crippen molar-refractivity contribution in [1.29, 1.82) is 5.26 Å². The van der Waals surface area contributed by atoms with Gasteiger partial charge in [0.2, 0.25) is 0 Å². The minimum absolute atomic E-state index is 0.637. The molecule has 2 unspecified atom stereocenters. The maximum Gasteiger partial charge on any atom is 0.0992 e. The molecule has 1 aliphatic carbocycles. The predicted octanol–water partition coefficient (Wildman–Crippen LogP) is 3.96. The maximum absolute atomic E-state index is 8.97. The molecule has 2 atom stereocenters. The van der Waals surface area contributed by atoms with Crippen LogP contribution < -0.4 is 4.90 Å². The van der Waals surface area contributed by atoms with Gasteiger partial charge in [0.05, 0.1) is 11.6 Å². The number of nitrogens with zero attached hydrogens (tertiary/aromatic N) is 2. The summed E-state index contributed by atoms with van der Waals surface area (Å²) in [6.45, 7) is 2.29. The molecule has 18 heavy (non-hydrogen) atoms. The van der Waals surface area contributed by atoms with Gasteiger partial charge in [-0.25, -0.2) is 0 Å². The van der Waals surface area contributed by atoms with E-state index in [0.717, 1.165) is 11.5 Å². The van der Waals surface area contributed by atoms with Crippen molar-refractivity contribution in [2.24, 2.45) is 5.92 Å². The molecule has 0 heterocycles. The van der Waals surface area contributed by atoms with Crippen molar-refractivity contribution in [3.63, 3.8) is 0 Å². The smallest absolute Gasteiger partial charge is 0.0992 e. The molecular formula is C16H22N2. The van der Waals surface area contributed by atoms with Gasteiger partial charge in [0.1, 0.15) is 0 Å². The van der Waals surface area contributed by atoms with Crippen LogP contribution in [0.3, 0.4) is 0 Å². The van der Waals surface area contributed by atoms with Crippen LogP contribution in [0.25, 0.3) is 0 Å². The number of nitriles is 1. The van der Waals surface area contributed by atoms with E-state index in [0.29, 0.717) is 6.04 Å². The first-order chi connectivity index (χ1) is 8.74. The van der Waals surface area contributed by atoms with Gasteiger partial charge in [-0.2, -0.15) is 5.26 Å². The largest absolute Gasteiger partial charge is 0.372 e. The topological polar surface area (TPSA) is 27.0 Å². The van der Waals surface area contributed by atoms with Crippen molar-refractivity contribution in [3.8, 4) is 6.07 Å². The summed E-state index contributed by atoms with van der Waals surface area (Å²) >= 11 is 0. The summed E-state index contributed by atoms with van der Waals surface area (Å²) in [6.07, 6.45) is 6.60. The van der Waals surface area contributed by atoms with Gasteiger partial charge in [-0.05, 0) is 37.0 Å². The molecule has 1 saturated carbocycles. The molecule has 0 bridgehead atoms. The van der Waals surface area contributed by atoms with E-state index in [2.05, 4.69) is 31.0 Å². The Labute approximate surface area is 110 Å². The summed E-state index contributed by atoms with van der Waals surface area (Å²) in [7, 11) is 2.17. The summed E-state index contributed by atoms with van der Waals surface area (Å²) < 4.78 is 0. The molecule has 0 saturated heterocycles. The lowest BCUT2D eigenvalue weighted by Gasteiger charge is -2.36. The highest BCUT2D eigenvalue weighted by molar-refractivity contribution is 5.51. The lowest BCUT2D eigenvalue weighted by atomic mass is 9.83. The van der Waals surface area contributed by atoms with Crippen LogP contribution in [-0.4, -0.2) is 13.1 Å². The van der Waals surface area contributed by atoms with Crippen LogP contribution in [-0.2, 0) is 0 Å². The van der Waals surface area contributed by atoms with Crippen LogP contribution in [0.2, 0.25) is 0 Å². The van der Waals surface area contributed by atoms with Gasteiger partial charge >= 0.3 is 0 Å². The second kappa shape index (κ2) is 5.91. The van der Waals surface area contributed by atoms with Gasteiger partial charge < -0.3 is 4.90 Å². The zero-order chi connectivity index (χ0) is 13.0. The maximum atomic E-state index is 8.97. The van der Waals surface area contributed by atoms with E-state index in [1.807, 2.05) is 18.2 Å². The first kappa shape index (κ1) is 13.0. The van der Waals surface area contributed by atoms with Gasteiger partial charge in [-0.3, -0.25) is 0 Å². The van der Waals surface area contributed by atoms with Gasteiger partial charge in [-0.15, -0.1) is 0 Å². The molecule has 0 N–H and O–H groups in total. The average molecular weight is 242 g/mol. The monoisotopic (exact) mass is 242 g/mol. The quantitative estimate of drug-likeness (QED) is 0.802. The summed E-state index contributed by atoms with van der Waals surface area (Å²) in [5.41, 5.74) is 1.93. The molecule has 2 rings (SSSR count). The van der Waals surface area contributed by atoms with Crippen molar-refractivity contribution < 1.29 is 0 Å². The summed E-state index contributed by atoms with van der Waals surface area (Å²) in [5, 5.41) is 8.97. The molecule has 1 aromatic carbocycles. The lowest BCUT2D eigenvalue weighted by molar-refractivity contribution is 0.309. The highest BCUT2D eigenvalue weighted by Crippen LogP contribution is 2.31. The van der Waals surface area contributed by atoms with E-state index in [1.165, 1.54) is 37.8 Å². The Morgan fingerprint density at radius 1 is 1.39 bits per heavy atom. The van der Waals surface area contributed by atoms with E-state index in [9.17, 15) is 0 Å². The van der Waals surface area contributed by atoms with Crippen LogP contribution in [0.15, 0.2) is 24.3 Å². The molecule has 2 heteroatoms. The van der Waals surface area contributed by atoms with Gasteiger partial charge in [0.15, 0.2) is 0 Å². The van der Waals surface area contributed by atoms with Gasteiger partial charge in [0.25, 0.3) is 0 Å². The molecule has 0 radical (unpaired) electrons. The highest BCUT2D eigenvalue weighted by Gasteiger charge is 2.24. The first-order valence-corrected chi connectivity index (χ1v) is 6.97. The fraction of sp³-hybridized carbons (Fsp3) is 0.562. The number of benzene rings is 1. The zero-order valence-corrected chi connectivity index (χ0v) is 11.4. The Balaban J connectivity index is 2.10. The van der Waals surface area contributed by atoms with Crippen LogP contribution >= 0.6 is 0 Å². The number of rotatable bonds is 3. The third-order valence-electron chi connectivity index (χ3n) is 4.26. The van der Waals surface area contributed by atoms with E-state index in [4.69, 9.17) is 5.26 Å². The van der Waals surface area contributed by atoms with Crippen molar-refractivity contribution in [2.45, 2.75) is 45.1 Å². The Morgan fingerprint density at radius 3 is 2.94 bits per heavy atom. The summed E-state index contributed by atoms with van der Waals surface area (Å²) in [5.74, 6) is 0.880. The fourth-order valence-electron chi connectivity index (χ4n) is 2.99. The second-order valence-corrected chi connectivity index (χ2v) is 5.37. The summed E-state index contributed by atoms with van der Waals surface area (Å²) in [4.78, 5) is 2.36. The predicted molar refractivity (Wildman–Crippen MR) is 75.6 cm³/mol. The highest BCUT2D eigenvalue weighted by atomic mass is 15.1. The zero-order valence-electron chi connectivity index (χ0n) is 11.4. The van der Waals surface area contributed by atoms with Crippen molar-refractivity contribution in [3.05, 3.63) is 29.8 Å². The fourth-order valence-corrected chi connectivity index (χ4v) is 2.99. The molecule has 0 amide bonds. The minimum Gasteiger partial charge on any atom is -0.372 e. The normalized spacial score (nSPS) is 23.4. The van der Waals surface area contributed by atoms with Gasteiger partial charge in [-0.1, -0.05) is 32.3 Å². The van der Waals surface area contributed by atoms with Crippen molar-refractivity contribution >= 4 is 5.69 Å². The van der Waals surface area contributed by atoms with E-state index < -0.39 is 0 Å². The lowest BCUT2D eigenvalue weighted by Crippen LogP contribution is -2.36. The molecule has 1 aliphatic rings. The van der Waals surface area contributed by atoms with Crippen molar-refractivity contribution in [2.75, 3.05) is 11.9 Å². The van der Waals surface area contributed by atoms with Crippen LogP contribution in [0, 0.1) is 17.2 Å². The Hall–Kier alpha value is -1.49. The molecule has 96 valence electrons. The molecular weight excluding hydrogens is 220 g/mol. The molecule has 0 aromatic heterocycles. The first-order valence-electron chi connectivity index (χ1n) is 6.97. The summed E-state index contributed by atoms with van der Waals surface area (Å²) in [6, 6.07) is 10.8.